The van der Waals surface area contributed by atoms with Crippen LogP contribution >= 0.6 is 23.2 Å². The van der Waals surface area contributed by atoms with Crippen molar-refractivity contribution in [3.05, 3.63) is 64.4 Å². The van der Waals surface area contributed by atoms with Gasteiger partial charge in [0.05, 0.1) is 16.3 Å². The SMILES string of the molecule is CCn1cc(S(=O)(=O)Nc2ccc(S(=O)(=O)Nc3cc(Cl)cc(Cl)c3)cc2)c(C)n1. The Hall–Kier alpha value is -2.27. The maximum absolute atomic E-state index is 12.6. The third kappa shape index (κ3) is 5.07. The number of hydrogen-bond donors (Lipinski definition) is 2. The number of nitrogens with one attached hydrogen (secondary N) is 2. The highest BCUT2D eigenvalue weighted by molar-refractivity contribution is 7.93. The summed E-state index contributed by atoms with van der Waals surface area (Å²) in [6.45, 7) is 3.98. The van der Waals surface area contributed by atoms with E-state index in [-0.39, 0.29) is 31.2 Å². The first-order chi connectivity index (χ1) is 14.0. The molecule has 2 N–H and O–H groups in total. The van der Waals surface area contributed by atoms with Crippen molar-refractivity contribution in [3.63, 3.8) is 0 Å². The smallest absolute Gasteiger partial charge is 0.265 e. The first kappa shape index (κ1) is 22.4. The van der Waals surface area contributed by atoms with Crippen LogP contribution in [-0.4, -0.2) is 26.6 Å². The van der Waals surface area contributed by atoms with Gasteiger partial charge in [-0.15, -0.1) is 0 Å². The van der Waals surface area contributed by atoms with E-state index in [4.69, 9.17) is 23.2 Å². The minimum absolute atomic E-state index is 0.0561. The molecule has 0 saturated heterocycles. The van der Waals surface area contributed by atoms with Crippen LogP contribution in [0.15, 0.2) is 58.5 Å². The molecule has 3 rings (SSSR count). The molecule has 8 nitrogen and oxygen atoms in total. The molecular weight excluding hydrogens is 471 g/mol. The highest BCUT2D eigenvalue weighted by Gasteiger charge is 2.21. The molecule has 30 heavy (non-hydrogen) atoms. The molecule has 1 heterocycles. The molecule has 0 atom stereocenters. The Kier molecular flexibility index (Phi) is 6.32. The van der Waals surface area contributed by atoms with Crippen LogP contribution in [0.2, 0.25) is 10.0 Å². The largest absolute Gasteiger partial charge is 0.280 e. The number of nitrogens with zero attached hydrogens (tertiary/aromatic N) is 2. The number of halogens is 2. The quantitative estimate of drug-likeness (QED) is 0.519. The molecule has 0 aliphatic rings. The van der Waals surface area contributed by atoms with E-state index in [2.05, 4.69) is 14.5 Å². The van der Waals surface area contributed by atoms with Gasteiger partial charge in [-0.25, -0.2) is 16.8 Å². The number of sulfonamides is 2. The predicted octanol–water partition coefficient (Wildman–Crippen LogP) is 4.12. The fraction of sp³-hybridized carbons (Fsp3) is 0.167. The minimum atomic E-state index is -3.92. The molecule has 2 aromatic carbocycles. The van der Waals surface area contributed by atoms with Gasteiger partial charge >= 0.3 is 0 Å². The monoisotopic (exact) mass is 488 g/mol. The molecule has 3 aromatic rings. The van der Waals surface area contributed by atoms with E-state index >= 15 is 0 Å². The maximum atomic E-state index is 12.6. The number of rotatable bonds is 7. The Morgan fingerprint density at radius 3 is 2.00 bits per heavy atom. The van der Waals surface area contributed by atoms with Gasteiger partial charge in [0.1, 0.15) is 4.90 Å². The average molecular weight is 489 g/mol. The molecule has 12 heteroatoms. The van der Waals surface area contributed by atoms with Crippen LogP contribution in [0.5, 0.6) is 0 Å². The van der Waals surface area contributed by atoms with Gasteiger partial charge in [-0.1, -0.05) is 23.2 Å². The Morgan fingerprint density at radius 1 is 0.900 bits per heavy atom. The highest BCUT2D eigenvalue weighted by Crippen LogP contribution is 2.25. The number of hydrogen-bond acceptors (Lipinski definition) is 5. The van der Waals surface area contributed by atoms with Gasteiger partial charge in [-0.3, -0.25) is 14.1 Å². The topological polar surface area (TPSA) is 110 Å². The second-order valence-corrected chi connectivity index (χ2v) is 10.5. The molecular formula is C18H18Cl2N4O4S2. The lowest BCUT2D eigenvalue weighted by molar-refractivity contribution is 0.599. The lowest BCUT2D eigenvalue weighted by atomic mass is 10.3. The fourth-order valence-corrected chi connectivity index (χ4v) is 5.48. The van der Waals surface area contributed by atoms with Crippen molar-refractivity contribution in [2.24, 2.45) is 0 Å². The van der Waals surface area contributed by atoms with E-state index in [9.17, 15) is 16.8 Å². The van der Waals surface area contributed by atoms with E-state index in [1.807, 2.05) is 6.92 Å². The summed E-state index contributed by atoms with van der Waals surface area (Å²) in [4.78, 5) is -0.00270. The van der Waals surface area contributed by atoms with Crippen LogP contribution < -0.4 is 9.44 Å². The molecule has 0 unspecified atom stereocenters. The second kappa shape index (κ2) is 8.46. The fourth-order valence-electron chi connectivity index (χ4n) is 2.66. The van der Waals surface area contributed by atoms with Gasteiger partial charge < -0.3 is 0 Å². The van der Waals surface area contributed by atoms with E-state index in [0.717, 1.165) is 0 Å². The normalized spacial score (nSPS) is 12.0. The lowest BCUT2D eigenvalue weighted by Gasteiger charge is -2.11. The van der Waals surface area contributed by atoms with E-state index in [0.29, 0.717) is 12.2 Å². The summed E-state index contributed by atoms with van der Waals surface area (Å²) in [5, 5.41) is 4.69. The molecule has 0 aliphatic heterocycles. The summed E-state index contributed by atoms with van der Waals surface area (Å²) in [7, 11) is -7.79. The van der Waals surface area contributed by atoms with Crippen molar-refractivity contribution < 1.29 is 16.8 Å². The Labute approximate surface area is 184 Å². The van der Waals surface area contributed by atoms with Crippen LogP contribution in [0, 0.1) is 6.92 Å². The summed E-state index contributed by atoms with van der Waals surface area (Å²) in [6, 6.07) is 9.61. The maximum Gasteiger partial charge on any atom is 0.265 e. The van der Waals surface area contributed by atoms with Crippen molar-refractivity contribution in [1.82, 2.24) is 9.78 Å². The van der Waals surface area contributed by atoms with Gasteiger partial charge in [0, 0.05) is 28.5 Å². The van der Waals surface area contributed by atoms with Gasteiger partial charge in [0.2, 0.25) is 0 Å². The highest BCUT2D eigenvalue weighted by atomic mass is 35.5. The van der Waals surface area contributed by atoms with Crippen molar-refractivity contribution >= 4 is 54.6 Å². The van der Waals surface area contributed by atoms with Crippen molar-refractivity contribution in [1.29, 1.82) is 0 Å². The molecule has 0 fully saturated rings. The first-order valence-corrected chi connectivity index (χ1v) is 12.4. The Morgan fingerprint density at radius 2 is 1.47 bits per heavy atom. The first-order valence-electron chi connectivity index (χ1n) is 8.66. The van der Waals surface area contributed by atoms with Gasteiger partial charge in [-0.2, -0.15) is 5.10 Å². The molecule has 1 aromatic heterocycles. The third-order valence-corrected chi connectivity index (χ3v) is 7.36. The van der Waals surface area contributed by atoms with Crippen LogP contribution in [0.1, 0.15) is 12.6 Å². The Balaban J connectivity index is 1.80. The van der Waals surface area contributed by atoms with Crippen LogP contribution in [0.25, 0.3) is 0 Å². The summed E-state index contributed by atoms with van der Waals surface area (Å²) in [5.74, 6) is 0. The van der Waals surface area contributed by atoms with Gasteiger partial charge in [0.25, 0.3) is 20.0 Å². The second-order valence-electron chi connectivity index (χ2n) is 6.33. The Bertz CT molecular complexity index is 1270. The van der Waals surface area contributed by atoms with Crippen LogP contribution in [0.3, 0.4) is 0 Å². The standard InChI is InChI=1S/C18H18Cl2N4O4S2/c1-3-24-11-18(12(2)21-24)30(27,28)22-15-4-6-17(7-5-15)29(25,26)23-16-9-13(19)8-14(20)10-16/h4-11,22-23H,3H2,1-2H3. The van der Waals surface area contributed by atoms with Crippen LogP contribution in [0.4, 0.5) is 11.4 Å². The predicted molar refractivity (Wildman–Crippen MR) is 117 cm³/mol. The summed E-state index contributed by atoms with van der Waals surface area (Å²) in [5.41, 5.74) is 0.789. The zero-order valence-corrected chi connectivity index (χ0v) is 19.1. The van der Waals surface area contributed by atoms with Gasteiger partial charge in [0.15, 0.2) is 0 Å². The molecule has 0 saturated carbocycles. The van der Waals surface area contributed by atoms with Crippen LogP contribution in [-0.2, 0) is 26.6 Å². The molecule has 0 bridgehead atoms. The van der Waals surface area contributed by atoms with E-state index in [1.54, 1.807) is 6.92 Å². The average Bonchev–Trinajstić information content (AvgIpc) is 3.02. The third-order valence-electron chi connectivity index (χ3n) is 4.05. The minimum Gasteiger partial charge on any atom is -0.280 e. The van der Waals surface area contributed by atoms with Crippen molar-refractivity contribution in [3.8, 4) is 0 Å². The summed E-state index contributed by atoms with van der Waals surface area (Å²) >= 11 is 11.8. The van der Waals surface area contributed by atoms with Crippen molar-refractivity contribution in [2.45, 2.75) is 30.2 Å². The lowest BCUT2D eigenvalue weighted by Crippen LogP contribution is -2.15. The molecule has 0 radical (unpaired) electrons. The number of anilines is 2. The van der Waals surface area contributed by atoms with Gasteiger partial charge in [-0.05, 0) is 56.3 Å². The van der Waals surface area contributed by atoms with E-state index < -0.39 is 20.0 Å². The molecule has 160 valence electrons. The zero-order chi connectivity index (χ0) is 22.1. The van der Waals surface area contributed by atoms with E-state index in [1.165, 1.54) is 53.3 Å². The summed E-state index contributed by atoms with van der Waals surface area (Å²) < 4.78 is 56.7. The molecule has 0 amide bonds. The molecule has 0 spiro atoms. The number of aryl methyl sites for hydroxylation is 2. The zero-order valence-electron chi connectivity index (χ0n) is 15.9. The summed E-state index contributed by atoms with van der Waals surface area (Å²) in [6.07, 6.45) is 1.44. The van der Waals surface area contributed by atoms with Crippen molar-refractivity contribution in [2.75, 3.05) is 9.44 Å². The number of benzene rings is 2. The molecule has 0 aliphatic carbocycles. The number of aromatic nitrogens is 2.